The zero-order valence-corrected chi connectivity index (χ0v) is 17.9. The molecule has 3 atom stereocenters. The third kappa shape index (κ3) is 3.61. The van der Waals surface area contributed by atoms with Gasteiger partial charge in [0.15, 0.2) is 0 Å². The molecule has 1 aliphatic carbocycles. The molecule has 1 aromatic carbocycles. The highest BCUT2D eigenvalue weighted by molar-refractivity contribution is 5.79. The number of pyridine rings is 1. The molecule has 1 aromatic heterocycles. The number of aromatic nitrogens is 1. The Morgan fingerprint density at radius 2 is 2.09 bits per heavy atom. The number of hydrogen-bond acceptors (Lipinski definition) is 5. The molecule has 3 aliphatic rings. The summed E-state index contributed by atoms with van der Waals surface area (Å²) in [5.41, 5.74) is 0.381. The Bertz CT molecular complexity index is 1080. The highest BCUT2D eigenvalue weighted by atomic mass is 19.1. The third-order valence-corrected chi connectivity index (χ3v) is 7.16. The Balaban J connectivity index is 1.25. The van der Waals surface area contributed by atoms with E-state index >= 15 is 0 Å². The molecule has 2 bridgehead atoms. The summed E-state index contributed by atoms with van der Waals surface area (Å²) in [5.74, 6) is 0.0918. The summed E-state index contributed by atoms with van der Waals surface area (Å²) in [6.45, 7) is 3.54. The van der Waals surface area contributed by atoms with Crippen molar-refractivity contribution in [2.75, 3.05) is 24.5 Å². The van der Waals surface area contributed by atoms with Gasteiger partial charge in [0.25, 0.3) is 0 Å². The Morgan fingerprint density at radius 1 is 1.28 bits per heavy atom. The molecule has 1 amide bonds. The monoisotopic (exact) mass is 437 g/mol. The summed E-state index contributed by atoms with van der Waals surface area (Å²) in [6, 6.07) is 9.72. The standard InChI is InChI=1S/C24H25F2N5O/c1-15-8-18-13-30(14-21(15)31(18)22-5-2-16(10-27)11-28-22)23(32)12-29-24(6-7-24)19-4-3-17(25)9-20(19)26/h2-5,9,11,15,18,21,29H,6-8,12-14H2,1H3/t15-,18?,21?/m0/s1. The summed E-state index contributed by atoms with van der Waals surface area (Å²) in [4.78, 5) is 21.7. The second-order valence-electron chi connectivity index (χ2n) is 9.22. The van der Waals surface area contributed by atoms with Crippen molar-refractivity contribution in [2.24, 2.45) is 5.92 Å². The molecule has 6 nitrogen and oxygen atoms in total. The van der Waals surface area contributed by atoms with Gasteiger partial charge in [-0.3, -0.25) is 10.1 Å². The Morgan fingerprint density at radius 3 is 2.72 bits per heavy atom. The van der Waals surface area contributed by atoms with Gasteiger partial charge in [-0.25, -0.2) is 13.8 Å². The second-order valence-corrected chi connectivity index (χ2v) is 9.22. The van der Waals surface area contributed by atoms with Gasteiger partial charge >= 0.3 is 0 Å². The molecule has 2 saturated heterocycles. The number of rotatable bonds is 5. The van der Waals surface area contributed by atoms with Gasteiger partial charge in [-0.05, 0) is 43.4 Å². The summed E-state index contributed by atoms with van der Waals surface area (Å²) >= 11 is 0. The first-order valence-electron chi connectivity index (χ1n) is 11.0. The zero-order chi connectivity index (χ0) is 22.5. The summed E-state index contributed by atoms with van der Waals surface area (Å²) < 4.78 is 27.5. The molecule has 2 unspecified atom stereocenters. The van der Waals surface area contributed by atoms with E-state index in [4.69, 9.17) is 5.26 Å². The van der Waals surface area contributed by atoms with Gasteiger partial charge in [0, 0.05) is 42.5 Å². The van der Waals surface area contributed by atoms with Gasteiger partial charge in [-0.15, -0.1) is 0 Å². The first kappa shape index (κ1) is 20.8. The molecule has 3 heterocycles. The van der Waals surface area contributed by atoms with Gasteiger partial charge in [-0.2, -0.15) is 5.26 Å². The fourth-order valence-corrected chi connectivity index (χ4v) is 5.30. The molecule has 166 valence electrons. The first-order chi connectivity index (χ1) is 15.4. The van der Waals surface area contributed by atoms with Crippen molar-refractivity contribution in [3.8, 4) is 6.07 Å². The molecule has 32 heavy (non-hydrogen) atoms. The van der Waals surface area contributed by atoms with Crippen molar-refractivity contribution in [1.82, 2.24) is 15.2 Å². The highest BCUT2D eigenvalue weighted by Gasteiger charge is 2.48. The van der Waals surface area contributed by atoms with E-state index in [0.717, 1.165) is 31.1 Å². The lowest BCUT2D eigenvalue weighted by Gasteiger charge is -2.42. The third-order valence-electron chi connectivity index (χ3n) is 7.16. The number of benzene rings is 1. The van der Waals surface area contributed by atoms with Crippen LogP contribution in [-0.2, 0) is 10.3 Å². The van der Waals surface area contributed by atoms with Gasteiger partial charge in [0.2, 0.25) is 5.91 Å². The van der Waals surface area contributed by atoms with Gasteiger partial charge in [0.1, 0.15) is 23.5 Å². The van der Waals surface area contributed by atoms with Gasteiger partial charge < -0.3 is 9.80 Å². The highest BCUT2D eigenvalue weighted by Crippen LogP contribution is 2.46. The molecular formula is C24H25F2N5O. The van der Waals surface area contributed by atoms with E-state index in [0.29, 0.717) is 30.1 Å². The van der Waals surface area contributed by atoms with Crippen LogP contribution in [0.3, 0.4) is 0 Å². The average Bonchev–Trinajstić information content (AvgIpc) is 3.54. The normalized spacial score (nSPS) is 25.5. The number of fused-ring (bicyclic) bond motifs is 2. The molecule has 0 spiro atoms. The van der Waals surface area contributed by atoms with Crippen LogP contribution in [0.25, 0.3) is 0 Å². The fourth-order valence-electron chi connectivity index (χ4n) is 5.30. The molecular weight excluding hydrogens is 412 g/mol. The molecule has 2 aromatic rings. The van der Waals surface area contributed by atoms with Crippen LogP contribution in [0.4, 0.5) is 14.6 Å². The largest absolute Gasteiger partial charge is 0.347 e. The van der Waals surface area contributed by atoms with Crippen molar-refractivity contribution >= 4 is 11.7 Å². The second kappa shape index (κ2) is 7.82. The predicted octanol–water partition coefficient (Wildman–Crippen LogP) is 2.94. The lowest BCUT2D eigenvalue weighted by atomic mass is 10.0. The number of amides is 1. The van der Waals surface area contributed by atoms with E-state index in [2.05, 4.69) is 28.2 Å². The topological polar surface area (TPSA) is 72.3 Å². The maximum absolute atomic E-state index is 14.3. The number of anilines is 1. The molecule has 0 radical (unpaired) electrons. The maximum atomic E-state index is 14.3. The Kier molecular flexibility index (Phi) is 5.09. The molecule has 1 N–H and O–H groups in total. The van der Waals surface area contributed by atoms with Crippen LogP contribution in [0, 0.1) is 28.9 Å². The number of hydrogen-bond donors (Lipinski definition) is 1. The minimum atomic E-state index is -0.600. The van der Waals surface area contributed by atoms with Crippen molar-refractivity contribution in [3.63, 3.8) is 0 Å². The minimum Gasteiger partial charge on any atom is -0.347 e. The SMILES string of the molecule is C[C@H]1CC2CN(C(=O)CNC3(c4ccc(F)cc4F)CC3)CC1N2c1ccc(C#N)cn1. The summed E-state index contributed by atoms with van der Waals surface area (Å²) in [6.07, 6.45) is 4.02. The number of nitrogens with one attached hydrogen (secondary N) is 1. The average molecular weight is 437 g/mol. The number of nitrogens with zero attached hydrogens (tertiary/aromatic N) is 4. The lowest BCUT2D eigenvalue weighted by Crippen LogP contribution is -2.58. The van der Waals surface area contributed by atoms with E-state index in [1.54, 1.807) is 12.3 Å². The number of carbonyl (C=O) groups excluding carboxylic acids is 1. The molecule has 2 aliphatic heterocycles. The number of piperazine rings is 1. The van der Waals surface area contributed by atoms with Crippen molar-refractivity contribution in [3.05, 3.63) is 59.3 Å². The van der Waals surface area contributed by atoms with Crippen LogP contribution in [0.1, 0.15) is 37.3 Å². The number of nitriles is 1. The van der Waals surface area contributed by atoms with E-state index in [9.17, 15) is 13.6 Å². The van der Waals surface area contributed by atoms with Crippen LogP contribution < -0.4 is 10.2 Å². The Hall–Kier alpha value is -3.05. The predicted molar refractivity (Wildman–Crippen MR) is 115 cm³/mol. The van der Waals surface area contributed by atoms with Crippen LogP contribution in [0.15, 0.2) is 36.5 Å². The maximum Gasteiger partial charge on any atom is 0.236 e. The lowest BCUT2D eigenvalue weighted by molar-refractivity contribution is -0.131. The Labute approximate surface area is 185 Å². The number of likely N-dealkylation sites (tertiary alicyclic amines) is 1. The van der Waals surface area contributed by atoms with Crippen LogP contribution in [0.2, 0.25) is 0 Å². The quantitative estimate of drug-likeness (QED) is 0.779. The van der Waals surface area contributed by atoms with Gasteiger partial charge in [-0.1, -0.05) is 13.0 Å². The van der Waals surface area contributed by atoms with Crippen LogP contribution in [0.5, 0.6) is 0 Å². The first-order valence-corrected chi connectivity index (χ1v) is 11.0. The van der Waals surface area contributed by atoms with Crippen molar-refractivity contribution in [1.29, 1.82) is 5.26 Å². The van der Waals surface area contributed by atoms with Crippen LogP contribution >= 0.6 is 0 Å². The van der Waals surface area contributed by atoms with E-state index in [1.165, 1.54) is 12.1 Å². The summed E-state index contributed by atoms with van der Waals surface area (Å²) in [5, 5.41) is 12.3. The summed E-state index contributed by atoms with van der Waals surface area (Å²) in [7, 11) is 0. The zero-order valence-electron chi connectivity index (χ0n) is 17.9. The van der Waals surface area contributed by atoms with Crippen molar-refractivity contribution in [2.45, 2.75) is 43.8 Å². The number of carbonyl (C=O) groups is 1. The molecule has 1 saturated carbocycles. The van der Waals surface area contributed by atoms with E-state index in [1.807, 2.05) is 11.0 Å². The minimum absolute atomic E-state index is 0.00432. The molecule has 8 heteroatoms. The van der Waals surface area contributed by atoms with E-state index in [-0.39, 0.29) is 24.5 Å². The number of halogens is 2. The van der Waals surface area contributed by atoms with Crippen LogP contribution in [-0.4, -0.2) is 47.5 Å². The fraction of sp³-hybridized carbons (Fsp3) is 0.458. The smallest absolute Gasteiger partial charge is 0.236 e. The van der Waals surface area contributed by atoms with Gasteiger partial charge in [0.05, 0.1) is 18.2 Å². The molecule has 5 rings (SSSR count). The molecule has 3 fully saturated rings. The van der Waals surface area contributed by atoms with Crippen molar-refractivity contribution < 1.29 is 13.6 Å². The van der Waals surface area contributed by atoms with E-state index < -0.39 is 17.2 Å².